The summed E-state index contributed by atoms with van der Waals surface area (Å²) in [6.07, 6.45) is 1.25. The van der Waals surface area contributed by atoms with Gasteiger partial charge in [0.25, 0.3) is 5.91 Å². The summed E-state index contributed by atoms with van der Waals surface area (Å²) in [5.74, 6) is -1.67. The number of benzene rings is 2. The number of nitrogens with one attached hydrogen (secondary N) is 2. The van der Waals surface area contributed by atoms with Crippen molar-refractivity contribution in [1.29, 1.82) is 0 Å². The van der Waals surface area contributed by atoms with E-state index in [1.165, 1.54) is 12.1 Å². The van der Waals surface area contributed by atoms with Crippen LogP contribution in [-0.2, 0) is 16.1 Å². The van der Waals surface area contributed by atoms with Crippen molar-refractivity contribution in [3.05, 3.63) is 65.5 Å². The van der Waals surface area contributed by atoms with Crippen molar-refractivity contribution in [2.24, 2.45) is 0 Å². The van der Waals surface area contributed by atoms with Crippen LogP contribution in [0, 0.1) is 5.82 Å². The van der Waals surface area contributed by atoms with Gasteiger partial charge in [0.15, 0.2) is 0 Å². The zero-order chi connectivity index (χ0) is 19.6. The van der Waals surface area contributed by atoms with Crippen LogP contribution < -0.4 is 10.6 Å². The van der Waals surface area contributed by atoms with Gasteiger partial charge in [-0.2, -0.15) is 0 Å². The van der Waals surface area contributed by atoms with E-state index in [0.29, 0.717) is 24.1 Å². The molecule has 0 bridgehead atoms. The zero-order valence-electron chi connectivity index (χ0n) is 14.7. The Labute approximate surface area is 156 Å². The molecule has 0 saturated carbocycles. The van der Waals surface area contributed by atoms with E-state index < -0.39 is 5.97 Å². The van der Waals surface area contributed by atoms with Crippen LogP contribution in [-0.4, -0.2) is 22.9 Å². The molecule has 27 heavy (non-hydrogen) atoms. The maximum absolute atomic E-state index is 12.9. The van der Waals surface area contributed by atoms with Crippen LogP contribution in [0.5, 0.6) is 0 Å². The molecule has 2 rings (SSSR count). The number of carbonyl (C=O) groups excluding carboxylic acids is 2. The van der Waals surface area contributed by atoms with Gasteiger partial charge in [0.1, 0.15) is 5.82 Å². The highest BCUT2D eigenvalue weighted by Crippen LogP contribution is 2.11. The average molecular weight is 372 g/mol. The summed E-state index contributed by atoms with van der Waals surface area (Å²) in [5, 5.41) is 14.0. The molecule has 0 aromatic heterocycles. The van der Waals surface area contributed by atoms with Gasteiger partial charge in [-0.1, -0.05) is 12.1 Å². The molecule has 0 spiro atoms. The molecule has 6 nitrogen and oxygen atoms in total. The van der Waals surface area contributed by atoms with Gasteiger partial charge in [-0.15, -0.1) is 0 Å². The molecule has 2 amide bonds. The molecule has 0 heterocycles. The molecule has 2 aromatic rings. The number of halogens is 1. The Morgan fingerprint density at radius 3 is 2.15 bits per heavy atom. The Morgan fingerprint density at radius 2 is 1.52 bits per heavy atom. The van der Waals surface area contributed by atoms with Crippen LogP contribution in [0.1, 0.15) is 41.6 Å². The fourth-order valence-electron chi connectivity index (χ4n) is 2.38. The van der Waals surface area contributed by atoms with Gasteiger partial charge in [-0.3, -0.25) is 14.4 Å². The van der Waals surface area contributed by atoms with Gasteiger partial charge in [-0.25, -0.2) is 4.39 Å². The monoisotopic (exact) mass is 372 g/mol. The minimum Gasteiger partial charge on any atom is -0.481 e. The summed E-state index contributed by atoms with van der Waals surface area (Å²) in [4.78, 5) is 34.3. The molecule has 0 unspecified atom stereocenters. The maximum atomic E-state index is 12.9. The second kappa shape index (κ2) is 10.1. The number of carboxylic acid groups (broad SMARTS) is 1. The van der Waals surface area contributed by atoms with E-state index in [0.717, 1.165) is 5.56 Å². The number of aliphatic carboxylic acids is 1. The first-order valence-corrected chi connectivity index (χ1v) is 8.58. The normalized spacial score (nSPS) is 10.3. The van der Waals surface area contributed by atoms with E-state index in [-0.39, 0.29) is 37.0 Å². The lowest BCUT2D eigenvalue weighted by molar-refractivity contribution is -0.137. The van der Waals surface area contributed by atoms with Crippen molar-refractivity contribution in [1.82, 2.24) is 5.32 Å². The highest BCUT2D eigenvalue weighted by molar-refractivity contribution is 5.95. The van der Waals surface area contributed by atoms with Crippen molar-refractivity contribution >= 4 is 23.5 Å². The Hall–Kier alpha value is -3.22. The molecular weight excluding hydrogens is 351 g/mol. The third-order valence-electron chi connectivity index (χ3n) is 3.84. The Kier molecular flexibility index (Phi) is 7.49. The number of hydrogen-bond acceptors (Lipinski definition) is 3. The second-order valence-electron chi connectivity index (χ2n) is 6.04. The minimum absolute atomic E-state index is 0.0506. The van der Waals surface area contributed by atoms with Crippen LogP contribution in [0.3, 0.4) is 0 Å². The molecule has 0 fully saturated rings. The number of unbranched alkanes of at least 4 members (excludes halogenated alkanes) is 1. The molecule has 142 valence electrons. The summed E-state index contributed by atoms with van der Waals surface area (Å²) in [6, 6.07) is 12.3. The predicted molar refractivity (Wildman–Crippen MR) is 98.7 cm³/mol. The lowest BCUT2D eigenvalue weighted by Gasteiger charge is -2.08. The first-order chi connectivity index (χ1) is 12.9. The first-order valence-electron chi connectivity index (χ1n) is 8.58. The predicted octanol–water partition coefficient (Wildman–Crippen LogP) is 3.34. The topological polar surface area (TPSA) is 95.5 Å². The smallest absolute Gasteiger partial charge is 0.303 e. The summed E-state index contributed by atoms with van der Waals surface area (Å²) >= 11 is 0. The van der Waals surface area contributed by atoms with Crippen LogP contribution in [0.2, 0.25) is 0 Å². The van der Waals surface area contributed by atoms with Crippen LogP contribution in [0.15, 0.2) is 48.5 Å². The molecule has 7 heteroatoms. The quantitative estimate of drug-likeness (QED) is 0.588. The van der Waals surface area contributed by atoms with E-state index in [4.69, 9.17) is 5.11 Å². The van der Waals surface area contributed by atoms with E-state index in [1.54, 1.807) is 36.4 Å². The standard InChI is InChI=1S/C20H21FN2O4/c21-16-9-5-14(6-10-16)13-22-20(27)15-7-11-17(12-8-15)23-18(24)3-1-2-4-19(25)26/h5-12H,1-4,13H2,(H,22,27)(H,23,24)(H,25,26). The lowest BCUT2D eigenvalue weighted by atomic mass is 10.1. The molecule has 0 saturated heterocycles. The van der Waals surface area contributed by atoms with Gasteiger partial charge in [0.2, 0.25) is 5.91 Å². The number of anilines is 1. The molecule has 0 aliphatic heterocycles. The average Bonchev–Trinajstić information content (AvgIpc) is 2.65. The van der Waals surface area contributed by atoms with Crippen molar-refractivity contribution in [3.63, 3.8) is 0 Å². The SMILES string of the molecule is O=C(O)CCCCC(=O)Nc1ccc(C(=O)NCc2ccc(F)cc2)cc1. The summed E-state index contributed by atoms with van der Waals surface area (Å²) in [7, 11) is 0. The van der Waals surface area contributed by atoms with Crippen molar-refractivity contribution in [2.75, 3.05) is 5.32 Å². The number of amides is 2. The van der Waals surface area contributed by atoms with Gasteiger partial charge >= 0.3 is 5.97 Å². The summed E-state index contributed by atoms with van der Waals surface area (Å²) in [6.45, 7) is 0.286. The van der Waals surface area contributed by atoms with Crippen LogP contribution in [0.4, 0.5) is 10.1 Å². The first kappa shape index (κ1) is 20.1. The molecule has 3 N–H and O–H groups in total. The molecule has 0 aliphatic carbocycles. The fraction of sp³-hybridized carbons (Fsp3) is 0.250. The number of hydrogen-bond donors (Lipinski definition) is 3. The third kappa shape index (κ3) is 7.27. The van der Waals surface area contributed by atoms with Crippen LogP contribution >= 0.6 is 0 Å². The number of rotatable bonds is 9. The molecule has 0 radical (unpaired) electrons. The van der Waals surface area contributed by atoms with Gasteiger partial charge in [0, 0.05) is 30.6 Å². The highest BCUT2D eigenvalue weighted by atomic mass is 19.1. The Bertz CT molecular complexity index is 789. The van der Waals surface area contributed by atoms with E-state index in [1.807, 2.05) is 0 Å². The molecule has 0 atom stereocenters. The second-order valence-corrected chi connectivity index (χ2v) is 6.04. The zero-order valence-corrected chi connectivity index (χ0v) is 14.7. The Morgan fingerprint density at radius 1 is 0.889 bits per heavy atom. The Balaban J connectivity index is 1.78. The maximum Gasteiger partial charge on any atom is 0.303 e. The minimum atomic E-state index is -0.872. The molecule has 0 aliphatic rings. The summed E-state index contributed by atoms with van der Waals surface area (Å²) < 4.78 is 12.9. The molecule has 2 aromatic carbocycles. The van der Waals surface area contributed by atoms with Gasteiger partial charge < -0.3 is 15.7 Å². The van der Waals surface area contributed by atoms with Crippen LogP contribution in [0.25, 0.3) is 0 Å². The van der Waals surface area contributed by atoms with E-state index >= 15 is 0 Å². The van der Waals surface area contributed by atoms with Gasteiger partial charge in [0.05, 0.1) is 0 Å². The number of carbonyl (C=O) groups is 3. The van der Waals surface area contributed by atoms with Crippen molar-refractivity contribution < 1.29 is 23.9 Å². The fourth-order valence-corrected chi connectivity index (χ4v) is 2.38. The third-order valence-corrected chi connectivity index (χ3v) is 3.84. The number of carboxylic acids is 1. The van der Waals surface area contributed by atoms with Crippen molar-refractivity contribution in [3.8, 4) is 0 Å². The lowest BCUT2D eigenvalue weighted by Crippen LogP contribution is -2.22. The highest BCUT2D eigenvalue weighted by Gasteiger charge is 2.07. The van der Waals surface area contributed by atoms with Gasteiger partial charge in [-0.05, 0) is 54.8 Å². The largest absolute Gasteiger partial charge is 0.481 e. The van der Waals surface area contributed by atoms with E-state index in [9.17, 15) is 18.8 Å². The van der Waals surface area contributed by atoms with E-state index in [2.05, 4.69) is 10.6 Å². The summed E-state index contributed by atoms with van der Waals surface area (Å²) in [5.41, 5.74) is 1.79. The molecular formula is C20H21FN2O4. The van der Waals surface area contributed by atoms with Crippen molar-refractivity contribution in [2.45, 2.75) is 32.2 Å².